The van der Waals surface area contributed by atoms with Gasteiger partial charge in [-0.15, -0.1) is 11.3 Å². The van der Waals surface area contributed by atoms with Crippen LogP contribution in [0.15, 0.2) is 291 Å². The number of aryl methyl sites for hydroxylation is 2. The number of hydrogen-bond acceptors (Lipinski definition) is 3. The molecule has 0 saturated carbocycles. The minimum atomic E-state index is 1.09. The van der Waals surface area contributed by atoms with Gasteiger partial charge in [-0.05, 0) is 153 Å². The van der Waals surface area contributed by atoms with Crippen molar-refractivity contribution < 1.29 is 0 Å². The minimum Gasteiger partial charge on any atom is -0.310 e. The van der Waals surface area contributed by atoms with Crippen LogP contribution in [0.2, 0.25) is 0 Å². The minimum absolute atomic E-state index is 1.09. The topological polar surface area (TPSA) is 6.48 Å². The van der Waals surface area contributed by atoms with Crippen LogP contribution in [0, 0.1) is 13.8 Å². The van der Waals surface area contributed by atoms with Gasteiger partial charge in [0.2, 0.25) is 0 Å². The zero-order valence-electron chi connectivity index (χ0n) is 43.0. The molecule has 0 atom stereocenters. The number of rotatable bonds is 12. The molecule has 0 spiro atoms. The highest BCUT2D eigenvalue weighted by molar-refractivity contribution is 7.20. The van der Waals surface area contributed by atoms with Gasteiger partial charge >= 0.3 is 0 Å². The Morgan fingerprint density at radius 2 is 0.545 bits per heavy atom. The van der Waals surface area contributed by atoms with Gasteiger partial charge in [0.25, 0.3) is 0 Å². The van der Waals surface area contributed by atoms with Crippen LogP contribution in [0.3, 0.4) is 0 Å². The Morgan fingerprint density at radius 3 is 0.948 bits per heavy atom. The van der Waals surface area contributed by atoms with E-state index in [1.807, 2.05) is 11.3 Å². The first-order valence-corrected chi connectivity index (χ1v) is 27.2. The second kappa shape index (κ2) is 20.6. The molecule has 0 radical (unpaired) electrons. The van der Waals surface area contributed by atoms with Crippen molar-refractivity contribution in [2.24, 2.45) is 0 Å². The van der Waals surface area contributed by atoms with E-state index in [9.17, 15) is 0 Å². The molecule has 1 heterocycles. The monoisotopic (exact) mass is 1000 g/mol. The smallest absolute Gasteiger partial charge is 0.0468 e. The first kappa shape index (κ1) is 47.2. The van der Waals surface area contributed by atoms with Gasteiger partial charge in [0.1, 0.15) is 0 Å². The van der Waals surface area contributed by atoms with Gasteiger partial charge in [0, 0.05) is 55.0 Å². The second-order valence-corrected chi connectivity index (χ2v) is 20.9. The summed E-state index contributed by atoms with van der Waals surface area (Å²) in [6.45, 7) is 4.28. The maximum atomic E-state index is 2.39. The van der Waals surface area contributed by atoms with Gasteiger partial charge in [0.05, 0.1) is 0 Å². The van der Waals surface area contributed by atoms with Gasteiger partial charge in [-0.2, -0.15) is 0 Å². The molecule has 77 heavy (non-hydrogen) atoms. The van der Waals surface area contributed by atoms with Crippen LogP contribution in [-0.2, 0) is 0 Å². The Labute approximate surface area is 455 Å². The number of hydrogen-bond donors (Lipinski definition) is 0. The van der Waals surface area contributed by atoms with Crippen molar-refractivity contribution in [1.29, 1.82) is 0 Å². The van der Waals surface area contributed by atoms with E-state index >= 15 is 0 Å². The van der Waals surface area contributed by atoms with Crippen molar-refractivity contribution in [3.63, 3.8) is 0 Å². The molecule has 0 N–H and O–H groups in total. The third-order valence-corrected chi connectivity index (χ3v) is 16.1. The molecule has 0 aliphatic rings. The van der Waals surface area contributed by atoms with Gasteiger partial charge < -0.3 is 9.80 Å². The Hall–Kier alpha value is -9.54. The Morgan fingerprint density at radius 1 is 0.221 bits per heavy atom. The molecular formula is C74H54N2S. The van der Waals surface area contributed by atoms with Crippen LogP contribution >= 0.6 is 11.3 Å². The molecule has 0 aliphatic heterocycles. The van der Waals surface area contributed by atoms with Gasteiger partial charge in [0.15, 0.2) is 0 Å². The highest BCUT2D eigenvalue weighted by Crippen LogP contribution is 2.53. The van der Waals surface area contributed by atoms with E-state index in [2.05, 4.69) is 315 Å². The van der Waals surface area contributed by atoms with E-state index in [0.717, 1.165) is 34.1 Å². The normalized spacial score (nSPS) is 11.2. The fourth-order valence-corrected chi connectivity index (χ4v) is 12.1. The molecular weight excluding hydrogens is 949 g/mol. The van der Waals surface area contributed by atoms with Crippen molar-refractivity contribution in [3.8, 4) is 65.4 Å². The Bertz CT molecular complexity index is 3920. The zero-order chi connectivity index (χ0) is 51.7. The molecule has 0 aliphatic carbocycles. The molecule has 0 unspecified atom stereocenters. The van der Waals surface area contributed by atoms with E-state index in [-0.39, 0.29) is 0 Å². The quantitative estimate of drug-likeness (QED) is 0.120. The molecule has 366 valence electrons. The lowest BCUT2D eigenvalue weighted by atomic mass is 9.91. The van der Waals surface area contributed by atoms with E-state index in [1.165, 1.54) is 98.1 Å². The van der Waals surface area contributed by atoms with Gasteiger partial charge in [-0.1, -0.05) is 230 Å². The molecule has 1 aromatic heterocycles. The number of benzene rings is 12. The zero-order valence-corrected chi connectivity index (χ0v) is 43.8. The average Bonchev–Trinajstić information content (AvgIpc) is 3.90. The van der Waals surface area contributed by atoms with E-state index in [0.29, 0.717) is 0 Å². The molecule has 0 amide bonds. The summed E-state index contributed by atoms with van der Waals surface area (Å²) in [6.07, 6.45) is 0. The fraction of sp³-hybridized carbons (Fsp3) is 0.0270. The van der Waals surface area contributed by atoms with Crippen molar-refractivity contribution >= 4 is 67.0 Å². The number of nitrogens with zero attached hydrogens (tertiary/aromatic N) is 2. The van der Waals surface area contributed by atoms with E-state index in [4.69, 9.17) is 0 Å². The third kappa shape index (κ3) is 9.50. The summed E-state index contributed by atoms with van der Waals surface area (Å²) in [5, 5.41) is 4.85. The summed E-state index contributed by atoms with van der Waals surface area (Å²) in [5.41, 5.74) is 21.0. The predicted molar refractivity (Wildman–Crippen MR) is 331 cm³/mol. The van der Waals surface area contributed by atoms with E-state index < -0.39 is 0 Å². The van der Waals surface area contributed by atoms with Gasteiger partial charge in [-0.25, -0.2) is 0 Å². The Balaban J connectivity index is 0.939. The number of thiophene rings is 1. The summed E-state index contributed by atoms with van der Waals surface area (Å²) >= 11 is 1.87. The Kier molecular flexibility index (Phi) is 12.7. The van der Waals surface area contributed by atoms with Crippen molar-refractivity contribution in [2.45, 2.75) is 13.8 Å². The maximum Gasteiger partial charge on any atom is 0.0468 e. The SMILES string of the molecule is Cc1ccc(-c2cccc(N(c3ccc(-c4sc(-c5ccc(N(c6cccc(-c7ccc(C)cc7)c6)c6ccc7ccccc7c6)cc5)c(-c5ccccc5)c4-c4ccccc4)cc3)c3ccc4ccccc4c3)c2)cc1. The lowest BCUT2D eigenvalue weighted by molar-refractivity contribution is 1.29. The standard InChI is InChI=1S/C74H54N2S/c1-51-27-31-55(32-28-51)63-23-13-25-67(47-63)75(69-45-35-53-15-9-11-21-61(53)49-69)65-41-37-59(38-42-65)73-71(57-17-5-3-6-18-57)72(58-19-7-4-8-20-58)74(77-73)60-39-43-66(44-40-60)76(70-46-36-54-16-10-12-22-62(54)50-70)68-26-14-24-64(48-68)56-33-29-52(2)30-34-56/h3-50H,1-2H3. The fourth-order valence-electron chi connectivity index (χ4n) is 10.8. The van der Waals surface area contributed by atoms with Crippen LogP contribution < -0.4 is 9.80 Å². The predicted octanol–water partition coefficient (Wildman–Crippen LogP) is 21.6. The van der Waals surface area contributed by atoms with Crippen molar-refractivity contribution in [2.75, 3.05) is 9.80 Å². The van der Waals surface area contributed by atoms with Crippen LogP contribution in [0.25, 0.3) is 86.9 Å². The highest BCUT2D eigenvalue weighted by Gasteiger charge is 2.25. The van der Waals surface area contributed by atoms with E-state index in [1.54, 1.807) is 0 Å². The molecule has 0 fully saturated rings. The first-order valence-electron chi connectivity index (χ1n) is 26.4. The maximum absolute atomic E-state index is 2.39. The third-order valence-electron chi connectivity index (χ3n) is 14.8. The molecule has 3 heteroatoms. The van der Waals surface area contributed by atoms with Crippen LogP contribution in [0.5, 0.6) is 0 Å². The number of fused-ring (bicyclic) bond motifs is 2. The van der Waals surface area contributed by atoms with Crippen molar-refractivity contribution in [1.82, 2.24) is 0 Å². The number of anilines is 6. The van der Waals surface area contributed by atoms with Gasteiger partial charge in [-0.3, -0.25) is 0 Å². The first-order chi connectivity index (χ1) is 38.0. The summed E-state index contributed by atoms with van der Waals surface area (Å²) in [7, 11) is 0. The summed E-state index contributed by atoms with van der Waals surface area (Å²) in [6, 6.07) is 107. The summed E-state index contributed by atoms with van der Waals surface area (Å²) in [4.78, 5) is 7.24. The average molecular weight is 1000 g/mol. The molecule has 12 aromatic carbocycles. The molecule has 13 rings (SSSR count). The summed E-state index contributed by atoms with van der Waals surface area (Å²) in [5.74, 6) is 0. The highest BCUT2D eigenvalue weighted by atomic mass is 32.1. The molecule has 0 bridgehead atoms. The van der Waals surface area contributed by atoms with Crippen LogP contribution in [0.4, 0.5) is 34.1 Å². The lowest BCUT2D eigenvalue weighted by Crippen LogP contribution is -2.10. The summed E-state index contributed by atoms with van der Waals surface area (Å²) < 4.78 is 0. The second-order valence-electron chi connectivity index (χ2n) is 19.9. The van der Waals surface area contributed by atoms with Crippen molar-refractivity contribution in [3.05, 3.63) is 302 Å². The van der Waals surface area contributed by atoms with Crippen LogP contribution in [0.1, 0.15) is 11.1 Å². The molecule has 2 nitrogen and oxygen atoms in total. The molecule has 0 saturated heterocycles. The molecule has 13 aromatic rings. The lowest BCUT2D eigenvalue weighted by Gasteiger charge is -2.26. The largest absolute Gasteiger partial charge is 0.310 e. The van der Waals surface area contributed by atoms with Crippen LogP contribution in [-0.4, -0.2) is 0 Å².